The first-order valence-electron chi connectivity index (χ1n) is 6.57. The molecule has 2 aromatic rings. The number of hydrogen-bond donors (Lipinski definition) is 4. The van der Waals surface area contributed by atoms with E-state index in [1.807, 2.05) is 0 Å². The first-order valence-corrected chi connectivity index (χ1v) is 8.05. The summed E-state index contributed by atoms with van der Waals surface area (Å²) in [6.45, 7) is 0.490. The van der Waals surface area contributed by atoms with Gasteiger partial charge in [0.05, 0.1) is 11.5 Å². The highest BCUT2D eigenvalue weighted by Gasteiger charge is 2.13. The molecule has 0 spiro atoms. The van der Waals surface area contributed by atoms with Crippen molar-refractivity contribution in [2.24, 2.45) is 0 Å². The van der Waals surface area contributed by atoms with Gasteiger partial charge in [-0.05, 0) is 24.3 Å². The molecule has 0 bridgehead atoms. The molecule has 0 aliphatic carbocycles. The summed E-state index contributed by atoms with van der Waals surface area (Å²) in [6.07, 6.45) is 5.02. The van der Waals surface area contributed by atoms with E-state index in [1.165, 1.54) is 12.1 Å². The Hall–Kier alpha value is -2.61. The Morgan fingerprint density at radius 3 is 2.70 bits per heavy atom. The molecule has 0 atom stereocenters. The molecule has 1 aromatic carbocycles. The number of anilines is 3. The second-order valence-corrected chi connectivity index (χ2v) is 6.12. The fraction of sp³-hybridized carbons (Fsp3) is 0.231. The van der Waals surface area contributed by atoms with Gasteiger partial charge in [0, 0.05) is 12.2 Å². The van der Waals surface area contributed by atoms with Crippen LogP contribution >= 0.6 is 0 Å². The van der Waals surface area contributed by atoms with Crippen molar-refractivity contribution in [3.8, 4) is 12.3 Å². The topological polar surface area (TPSA) is 135 Å². The highest BCUT2D eigenvalue weighted by atomic mass is 32.2. The number of nitrogens with zero attached hydrogens (tertiary/aromatic N) is 2. The molecule has 122 valence electrons. The predicted octanol–water partition coefficient (Wildman–Crippen LogP) is 0.0586. The van der Waals surface area contributed by atoms with E-state index < -0.39 is 10.0 Å². The van der Waals surface area contributed by atoms with Crippen molar-refractivity contribution >= 4 is 27.6 Å². The lowest BCUT2D eigenvalue weighted by atomic mass is 10.3. The fourth-order valence-electron chi connectivity index (χ4n) is 1.64. The normalized spacial score (nSPS) is 11.1. The number of rotatable bonds is 8. The molecule has 0 amide bonds. The molecule has 1 aromatic heterocycles. The van der Waals surface area contributed by atoms with Gasteiger partial charge < -0.3 is 15.8 Å². The van der Waals surface area contributed by atoms with Gasteiger partial charge in [0.25, 0.3) is 0 Å². The van der Waals surface area contributed by atoms with Crippen LogP contribution in [0.3, 0.4) is 0 Å². The lowest BCUT2D eigenvalue weighted by molar-refractivity contribution is 0.173. The Bertz CT molecular complexity index is 779. The summed E-state index contributed by atoms with van der Waals surface area (Å²) in [7, 11) is -3.60. The van der Waals surface area contributed by atoms with Crippen LogP contribution in [0.15, 0.2) is 29.2 Å². The van der Waals surface area contributed by atoms with Gasteiger partial charge in [-0.2, -0.15) is 4.98 Å². The van der Waals surface area contributed by atoms with E-state index in [0.717, 1.165) is 0 Å². The molecule has 0 aliphatic rings. The summed E-state index contributed by atoms with van der Waals surface area (Å²) < 4.78 is 31.5. The molecule has 1 heterocycles. The molecule has 9 nitrogen and oxygen atoms in total. The number of ether oxygens (including phenoxy) is 1. The van der Waals surface area contributed by atoms with Crippen LogP contribution < -0.4 is 15.8 Å². The van der Waals surface area contributed by atoms with Gasteiger partial charge in [0.15, 0.2) is 0 Å². The molecule has 0 saturated carbocycles. The van der Waals surface area contributed by atoms with Gasteiger partial charge in [0.1, 0.15) is 6.61 Å². The smallest absolute Gasteiger partial charge is 0.248 e. The third kappa shape index (κ3) is 4.96. The Kier molecular flexibility index (Phi) is 5.53. The average molecular weight is 336 g/mol. The van der Waals surface area contributed by atoms with Crippen LogP contribution in [0.5, 0.6) is 0 Å². The SMILES string of the molecule is C#CCOCCNS(=O)(=O)c1ccc(Nc2n[nH]c(N)n2)cc1. The molecular weight excluding hydrogens is 320 g/mol. The van der Waals surface area contributed by atoms with Crippen molar-refractivity contribution in [2.45, 2.75) is 4.90 Å². The van der Waals surface area contributed by atoms with Gasteiger partial charge in [-0.1, -0.05) is 5.92 Å². The number of benzene rings is 1. The van der Waals surface area contributed by atoms with Crippen molar-refractivity contribution in [2.75, 3.05) is 30.8 Å². The first kappa shape index (κ1) is 16.8. The molecule has 0 fully saturated rings. The van der Waals surface area contributed by atoms with E-state index in [-0.39, 0.29) is 30.6 Å². The van der Waals surface area contributed by atoms with E-state index in [2.05, 4.69) is 31.1 Å². The molecule has 10 heteroatoms. The molecule has 5 N–H and O–H groups in total. The number of nitrogens with one attached hydrogen (secondary N) is 3. The highest BCUT2D eigenvalue weighted by molar-refractivity contribution is 7.89. The Balaban J connectivity index is 1.94. The van der Waals surface area contributed by atoms with E-state index in [9.17, 15) is 8.42 Å². The van der Waals surface area contributed by atoms with Crippen molar-refractivity contribution < 1.29 is 13.2 Å². The maximum atomic E-state index is 12.1. The number of H-pyrrole nitrogens is 1. The average Bonchev–Trinajstić information content (AvgIpc) is 2.93. The van der Waals surface area contributed by atoms with Crippen molar-refractivity contribution in [3.05, 3.63) is 24.3 Å². The highest BCUT2D eigenvalue weighted by Crippen LogP contribution is 2.16. The van der Waals surface area contributed by atoms with Crippen molar-refractivity contribution in [1.29, 1.82) is 0 Å². The second kappa shape index (κ2) is 7.59. The number of sulfonamides is 1. The fourth-order valence-corrected chi connectivity index (χ4v) is 2.65. The monoisotopic (exact) mass is 336 g/mol. The van der Waals surface area contributed by atoms with Gasteiger partial charge in [-0.3, -0.25) is 0 Å². The third-order valence-electron chi connectivity index (χ3n) is 2.65. The zero-order chi connectivity index (χ0) is 16.7. The maximum Gasteiger partial charge on any atom is 0.248 e. The summed E-state index contributed by atoms with van der Waals surface area (Å²) in [6, 6.07) is 6.11. The van der Waals surface area contributed by atoms with E-state index >= 15 is 0 Å². The minimum atomic E-state index is -3.60. The van der Waals surface area contributed by atoms with Crippen LogP contribution in [0.4, 0.5) is 17.6 Å². The minimum Gasteiger partial charge on any atom is -0.368 e. The van der Waals surface area contributed by atoms with Gasteiger partial charge >= 0.3 is 0 Å². The molecule has 23 heavy (non-hydrogen) atoms. The van der Waals surface area contributed by atoms with Crippen molar-refractivity contribution in [1.82, 2.24) is 19.9 Å². The number of terminal acetylenes is 1. The van der Waals surface area contributed by atoms with Crippen LogP contribution in [0.2, 0.25) is 0 Å². The predicted molar refractivity (Wildman–Crippen MR) is 85.4 cm³/mol. The summed E-state index contributed by atoms with van der Waals surface area (Å²) in [4.78, 5) is 4.02. The Morgan fingerprint density at radius 2 is 2.09 bits per heavy atom. The van der Waals surface area contributed by atoms with Crippen LogP contribution in [0.1, 0.15) is 0 Å². The number of aromatic nitrogens is 3. The lowest BCUT2D eigenvalue weighted by Crippen LogP contribution is -2.27. The summed E-state index contributed by atoms with van der Waals surface area (Å²) >= 11 is 0. The van der Waals surface area contributed by atoms with Gasteiger partial charge in [-0.15, -0.1) is 11.5 Å². The quantitative estimate of drug-likeness (QED) is 0.395. The van der Waals surface area contributed by atoms with Crippen LogP contribution in [-0.2, 0) is 14.8 Å². The zero-order valence-electron chi connectivity index (χ0n) is 12.1. The molecule has 0 unspecified atom stereocenters. The molecule has 2 rings (SSSR count). The minimum absolute atomic E-state index is 0.134. The summed E-state index contributed by atoms with van der Waals surface area (Å²) in [5, 5.41) is 9.19. The van der Waals surface area contributed by atoms with Crippen molar-refractivity contribution in [3.63, 3.8) is 0 Å². The maximum absolute atomic E-state index is 12.1. The van der Waals surface area contributed by atoms with Gasteiger partial charge in [0.2, 0.25) is 21.9 Å². The van der Waals surface area contributed by atoms with Crippen LogP contribution in [0.25, 0.3) is 0 Å². The third-order valence-corrected chi connectivity index (χ3v) is 4.12. The zero-order valence-corrected chi connectivity index (χ0v) is 12.9. The Labute approximate surface area is 133 Å². The summed E-state index contributed by atoms with van der Waals surface area (Å²) in [5.41, 5.74) is 6.04. The lowest BCUT2D eigenvalue weighted by Gasteiger charge is -2.08. The van der Waals surface area contributed by atoms with Crippen LogP contribution in [0, 0.1) is 12.3 Å². The Morgan fingerprint density at radius 1 is 1.35 bits per heavy atom. The number of hydrogen-bond acceptors (Lipinski definition) is 7. The van der Waals surface area contributed by atoms with E-state index in [1.54, 1.807) is 12.1 Å². The standard InChI is InChI=1S/C13H16N6O3S/c1-2-8-22-9-7-15-23(20,21)11-5-3-10(4-6-11)16-13-17-12(14)18-19-13/h1,3-6,15H,7-9H2,(H4,14,16,17,18,19). The first-order chi connectivity index (χ1) is 11.0. The number of aromatic amines is 1. The molecule has 0 radical (unpaired) electrons. The second-order valence-electron chi connectivity index (χ2n) is 4.35. The van der Waals surface area contributed by atoms with E-state index in [4.69, 9.17) is 16.9 Å². The van der Waals surface area contributed by atoms with Gasteiger partial charge in [-0.25, -0.2) is 18.2 Å². The molecular formula is C13H16N6O3S. The molecule has 0 saturated heterocycles. The van der Waals surface area contributed by atoms with E-state index in [0.29, 0.717) is 11.6 Å². The van der Waals surface area contributed by atoms with Crippen LogP contribution in [-0.4, -0.2) is 43.4 Å². The number of nitrogen functional groups attached to an aromatic ring is 1. The molecule has 0 aliphatic heterocycles. The number of nitrogens with two attached hydrogens (primary N) is 1. The summed E-state index contributed by atoms with van der Waals surface area (Å²) in [5.74, 6) is 2.77. The largest absolute Gasteiger partial charge is 0.368 e.